The van der Waals surface area contributed by atoms with Crippen molar-refractivity contribution in [3.05, 3.63) is 85.6 Å². The van der Waals surface area contributed by atoms with Crippen LogP contribution < -0.4 is 0 Å². The molecule has 0 aliphatic heterocycles. The third kappa shape index (κ3) is 5.24. The number of thioether (sulfide) groups is 1. The number of benzene rings is 2. The van der Waals surface area contributed by atoms with Crippen molar-refractivity contribution in [3.63, 3.8) is 0 Å². The van der Waals surface area contributed by atoms with Gasteiger partial charge in [0.15, 0.2) is 0 Å². The number of para-hydroxylation sites is 1. The molecule has 0 amide bonds. The molecule has 4 aromatic rings. The molecule has 0 bridgehead atoms. The van der Waals surface area contributed by atoms with Gasteiger partial charge in [-0.15, -0.1) is 11.8 Å². The molecule has 2 heterocycles. The zero-order valence-corrected chi connectivity index (χ0v) is 21.1. The van der Waals surface area contributed by atoms with Gasteiger partial charge in [-0.3, -0.25) is 10.1 Å². The van der Waals surface area contributed by atoms with Crippen molar-refractivity contribution in [2.45, 2.75) is 30.9 Å². The van der Waals surface area contributed by atoms with E-state index in [1.54, 1.807) is 46.0 Å². The zero-order valence-electron chi connectivity index (χ0n) is 17.9. The minimum atomic E-state index is -0.351. The van der Waals surface area contributed by atoms with E-state index in [0.717, 1.165) is 44.0 Å². The molecule has 2 aromatic heterocycles. The van der Waals surface area contributed by atoms with Crippen LogP contribution in [0, 0.1) is 17.0 Å². The smallest absolute Gasteiger partial charge is 0.258 e. The molecule has 4 rings (SSSR count). The summed E-state index contributed by atoms with van der Waals surface area (Å²) in [6.45, 7) is 4.04. The summed E-state index contributed by atoms with van der Waals surface area (Å²) < 4.78 is 2.83. The van der Waals surface area contributed by atoms with Crippen LogP contribution in [0.1, 0.15) is 30.2 Å². The molecular weight excluding hydrogens is 499 g/mol. The zero-order chi connectivity index (χ0) is 23.5. The topological polar surface area (TPSA) is 73.8 Å². The molecule has 0 spiro atoms. The molecule has 0 saturated carbocycles. The second-order valence-corrected chi connectivity index (χ2v) is 10.5. The van der Waals surface area contributed by atoms with Gasteiger partial charge < -0.3 is 0 Å². The molecule has 0 aliphatic carbocycles. The fourth-order valence-electron chi connectivity index (χ4n) is 3.32. The van der Waals surface area contributed by atoms with E-state index in [9.17, 15) is 10.1 Å². The van der Waals surface area contributed by atoms with Crippen molar-refractivity contribution >= 4 is 52.0 Å². The molecule has 10 heteroatoms. The Morgan fingerprint density at radius 1 is 1.15 bits per heavy atom. The SMILES string of the molecule is CCCSc1sc(-n2cc(Cc3ccccc3[N+](=O)[O-])c(C)n2)nc1-c1ccc(Cl)c(Cl)c1. The minimum absolute atomic E-state index is 0.110. The molecule has 0 N–H and O–H groups in total. The Hall–Kier alpha value is -2.39. The largest absolute Gasteiger partial charge is 0.272 e. The summed E-state index contributed by atoms with van der Waals surface area (Å²) in [6.07, 6.45) is 3.36. The van der Waals surface area contributed by atoms with Crippen LogP contribution in [0.5, 0.6) is 0 Å². The molecule has 170 valence electrons. The lowest BCUT2D eigenvalue weighted by atomic mass is 10.0. The van der Waals surface area contributed by atoms with E-state index in [2.05, 4.69) is 12.0 Å². The van der Waals surface area contributed by atoms with Crippen LogP contribution in [-0.2, 0) is 6.42 Å². The van der Waals surface area contributed by atoms with E-state index >= 15 is 0 Å². The minimum Gasteiger partial charge on any atom is -0.258 e. The lowest BCUT2D eigenvalue weighted by molar-refractivity contribution is -0.385. The summed E-state index contributed by atoms with van der Waals surface area (Å²) in [7, 11) is 0. The van der Waals surface area contributed by atoms with E-state index in [4.69, 9.17) is 28.2 Å². The molecule has 0 radical (unpaired) electrons. The molecular formula is C23H20Cl2N4O2S2. The number of hydrogen-bond donors (Lipinski definition) is 0. The van der Waals surface area contributed by atoms with Crippen molar-refractivity contribution in [3.8, 4) is 16.4 Å². The normalized spacial score (nSPS) is 11.2. The molecule has 0 unspecified atom stereocenters. The van der Waals surface area contributed by atoms with Gasteiger partial charge in [-0.1, -0.05) is 65.7 Å². The second-order valence-electron chi connectivity index (χ2n) is 7.36. The number of nitro groups is 1. The Kier molecular flexibility index (Phi) is 7.38. The number of nitro benzene ring substituents is 1. The average molecular weight is 519 g/mol. The van der Waals surface area contributed by atoms with E-state index < -0.39 is 0 Å². The van der Waals surface area contributed by atoms with Gasteiger partial charge in [-0.25, -0.2) is 9.67 Å². The first kappa shape index (κ1) is 23.8. The lowest BCUT2D eigenvalue weighted by Crippen LogP contribution is -1.96. The summed E-state index contributed by atoms with van der Waals surface area (Å²) in [6, 6.07) is 12.3. The first-order valence-electron chi connectivity index (χ1n) is 10.2. The number of aryl methyl sites for hydroxylation is 1. The molecule has 33 heavy (non-hydrogen) atoms. The van der Waals surface area contributed by atoms with Crippen molar-refractivity contribution in [2.24, 2.45) is 0 Å². The average Bonchev–Trinajstić information content (AvgIpc) is 3.38. The number of aromatic nitrogens is 3. The van der Waals surface area contributed by atoms with Gasteiger partial charge in [-0.2, -0.15) is 5.10 Å². The van der Waals surface area contributed by atoms with Crippen molar-refractivity contribution in [2.75, 3.05) is 5.75 Å². The van der Waals surface area contributed by atoms with Gasteiger partial charge >= 0.3 is 0 Å². The Balaban J connectivity index is 1.70. The maximum absolute atomic E-state index is 11.4. The van der Waals surface area contributed by atoms with Crippen LogP contribution in [0.25, 0.3) is 16.4 Å². The first-order valence-corrected chi connectivity index (χ1v) is 12.8. The Bertz CT molecular complexity index is 1320. The number of thiazole rings is 1. The van der Waals surface area contributed by atoms with Crippen LogP contribution in [-0.4, -0.2) is 25.4 Å². The summed E-state index contributed by atoms with van der Waals surface area (Å²) in [4.78, 5) is 15.9. The Morgan fingerprint density at radius 3 is 2.67 bits per heavy atom. The summed E-state index contributed by atoms with van der Waals surface area (Å²) in [5, 5.41) is 17.7. The van der Waals surface area contributed by atoms with E-state index in [1.165, 1.54) is 6.07 Å². The van der Waals surface area contributed by atoms with E-state index in [1.807, 2.05) is 31.3 Å². The highest BCUT2D eigenvalue weighted by Crippen LogP contribution is 2.39. The Morgan fingerprint density at radius 2 is 1.94 bits per heavy atom. The number of rotatable bonds is 8. The maximum atomic E-state index is 11.4. The van der Waals surface area contributed by atoms with Crippen LogP contribution in [0.2, 0.25) is 10.0 Å². The predicted octanol–water partition coefficient (Wildman–Crippen LogP) is 7.61. The molecule has 0 atom stereocenters. The van der Waals surface area contributed by atoms with E-state index in [0.29, 0.717) is 22.0 Å². The molecule has 0 fully saturated rings. The highest BCUT2D eigenvalue weighted by atomic mass is 35.5. The molecule has 6 nitrogen and oxygen atoms in total. The fraction of sp³-hybridized carbons (Fsp3) is 0.217. The van der Waals surface area contributed by atoms with Gasteiger partial charge in [-0.05, 0) is 36.8 Å². The van der Waals surface area contributed by atoms with Gasteiger partial charge in [0.25, 0.3) is 5.69 Å². The van der Waals surface area contributed by atoms with Crippen LogP contribution in [0.4, 0.5) is 5.69 Å². The summed E-state index contributed by atoms with van der Waals surface area (Å²) in [5.74, 6) is 0.969. The standard InChI is InChI=1S/C23H20Cl2N4O2S2/c1-3-10-32-22-21(16-8-9-18(24)19(25)12-16)26-23(33-22)28-13-17(14(2)27-28)11-15-6-4-5-7-20(15)29(30)31/h4-9,12-13H,3,10-11H2,1-2H3. The van der Waals surface area contributed by atoms with Crippen molar-refractivity contribution in [1.29, 1.82) is 0 Å². The highest BCUT2D eigenvalue weighted by molar-refractivity contribution is 8.01. The van der Waals surface area contributed by atoms with Gasteiger partial charge in [0.05, 0.1) is 30.6 Å². The monoisotopic (exact) mass is 518 g/mol. The number of hydrogen-bond acceptors (Lipinski definition) is 6. The van der Waals surface area contributed by atoms with Crippen LogP contribution >= 0.6 is 46.3 Å². The maximum Gasteiger partial charge on any atom is 0.272 e. The van der Waals surface area contributed by atoms with Crippen LogP contribution in [0.3, 0.4) is 0 Å². The second kappa shape index (κ2) is 10.3. The quantitative estimate of drug-likeness (QED) is 0.136. The third-order valence-electron chi connectivity index (χ3n) is 4.98. The van der Waals surface area contributed by atoms with Gasteiger partial charge in [0.1, 0.15) is 0 Å². The number of nitrogens with zero attached hydrogens (tertiary/aromatic N) is 4. The molecule has 0 aliphatic rings. The number of halogens is 2. The molecule has 2 aromatic carbocycles. The summed E-state index contributed by atoms with van der Waals surface area (Å²) in [5.41, 5.74) is 4.23. The highest BCUT2D eigenvalue weighted by Gasteiger charge is 2.19. The predicted molar refractivity (Wildman–Crippen MR) is 136 cm³/mol. The van der Waals surface area contributed by atoms with E-state index in [-0.39, 0.29) is 10.6 Å². The lowest BCUT2D eigenvalue weighted by Gasteiger charge is -2.03. The van der Waals surface area contributed by atoms with Crippen molar-refractivity contribution in [1.82, 2.24) is 14.8 Å². The Labute approximate surface area is 209 Å². The van der Waals surface area contributed by atoms with Gasteiger partial charge in [0.2, 0.25) is 5.13 Å². The third-order valence-corrected chi connectivity index (χ3v) is 8.23. The molecule has 0 saturated heterocycles. The van der Waals surface area contributed by atoms with Crippen LogP contribution in [0.15, 0.2) is 52.9 Å². The fourth-order valence-corrected chi connectivity index (χ4v) is 5.77. The first-order chi connectivity index (χ1) is 15.9. The van der Waals surface area contributed by atoms with Gasteiger partial charge in [0, 0.05) is 29.8 Å². The summed E-state index contributed by atoms with van der Waals surface area (Å²) >= 11 is 15.7. The van der Waals surface area contributed by atoms with Crippen molar-refractivity contribution < 1.29 is 4.92 Å².